The van der Waals surface area contributed by atoms with Crippen LogP contribution in [0.1, 0.15) is 30.4 Å². The van der Waals surface area contributed by atoms with Crippen molar-refractivity contribution >= 4 is 5.57 Å². The Hall–Kier alpha value is -1.08. The van der Waals surface area contributed by atoms with E-state index < -0.39 is 0 Å². The van der Waals surface area contributed by atoms with Crippen LogP contribution in [0.5, 0.6) is 0 Å². The second-order valence-electron chi connectivity index (χ2n) is 4.47. The van der Waals surface area contributed by atoms with Crippen molar-refractivity contribution in [3.05, 3.63) is 41.0 Å². The van der Waals surface area contributed by atoms with Crippen molar-refractivity contribution in [3.8, 4) is 0 Å². The smallest absolute Gasteiger partial charge is 0.0826 e. The molecule has 0 amide bonds. The summed E-state index contributed by atoms with van der Waals surface area (Å²) in [6, 6.07) is 8.77. The minimum Gasteiger partial charge on any atom is -0.377 e. The molecule has 2 aliphatic rings. The number of benzene rings is 1. The maximum Gasteiger partial charge on any atom is 0.0826 e. The Labute approximate surface area is 90.8 Å². The highest BCUT2D eigenvalue weighted by atomic mass is 16.5. The molecule has 1 aromatic rings. The minimum atomic E-state index is 0.345. The number of hydrogen-bond donors (Lipinski definition) is 0. The minimum absolute atomic E-state index is 0.345. The standard InChI is InChI=1S/C14H16O/c1-15-13-8-4-6-11-9-10-5-2-3-7-12(10)14(11)13/h2-3,5,7,13H,4,6,8-9H2,1H3. The largest absolute Gasteiger partial charge is 0.377 e. The average Bonchev–Trinajstić information content (AvgIpc) is 2.67. The van der Waals surface area contributed by atoms with E-state index in [-0.39, 0.29) is 0 Å². The van der Waals surface area contributed by atoms with Crippen molar-refractivity contribution in [2.24, 2.45) is 0 Å². The number of hydrogen-bond acceptors (Lipinski definition) is 1. The molecular formula is C14H16O. The number of rotatable bonds is 1. The van der Waals surface area contributed by atoms with Crippen LogP contribution in [0, 0.1) is 0 Å². The highest BCUT2D eigenvalue weighted by molar-refractivity contribution is 5.79. The lowest BCUT2D eigenvalue weighted by Gasteiger charge is -2.24. The van der Waals surface area contributed by atoms with Crippen molar-refractivity contribution in [3.63, 3.8) is 0 Å². The SMILES string of the molecule is COC1CCCC2=C1c1ccccc1C2. The van der Waals surface area contributed by atoms with Gasteiger partial charge in [-0.2, -0.15) is 0 Å². The molecule has 1 atom stereocenters. The molecule has 2 aliphatic carbocycles. The topological polar surface area (TPSA) is 9.23 Å². The summed E-state index contributed by atoms with van der Waals surface area (Å²) in [6.07, 6.45) is 5.24. The second kappa shape index (κ2) is 3.49. The van der Waals surface area contributed by atoms with Crippen molar-refractivity contribution in [1.82, 2.24) is 0 Å². The van der Waals surface area contributed by atoms with Crippen LogP contribution in [0.25, 0.3) is 5.57 Å². The van der Waals surface area contributed by atoms with Crippen molar-refractivity contribution in [2.45, 2.75) is 31.8 Å². The van der Waals surface area contributed by atoms with Gasteiger partial charge < -0.3 is 4.74 Å². The molecule has 15 heavy (non-hydrogen) atoms. The molecule has 1 nitrogen and oxygen atoms in total. The lowest BCUT2D eigenvalue weighted by molar-refractivity contribution is 0.135. The van der Waals surface area contributed by atoms with E-state index in [1.807, 2.05) is 7.11 Å². The zero-order valence-corrected chi connectivity index (χ0v) is 9.12. The van der Waals surface area contributed by atoms with E-state index in [0.29, 0.717) is 6.10 Å². The third-order valence-corrected chi connectivity index (χ3v) is 3.64. The summed E-state index contributed by atoms with van der Waals surface area (Å²) in [5.41, 5.74) is 6.05. The molecule has 0 aromatic heterocycles. The van der Waals surface area contributed by atoms with E-state index in [2.05, 4.69) is 24.3 Å². The van der Waals surface area contributed by atoms with Crippen LogP contribution < -0.4 is 0 Å². The number of fused-ring (bicyclic) bond motifs is 2. The predicted octanol–water partition coefficient (Wildman–Crippen LogP) is 3.20. The highest BCUT2D eigenvalue weighted by Gasteiger charge is 2.29. The molecule has 0 radical (unpaired) electrons. The Kier molecular flexibility index (Phi) is 2.14. The Bertz CT molecular complexity index is 417. The van der Waals surface area contributed by atoms with Gasteiger partial charge in [-0.25, -0.2) is 0 Å². The van der Waals surface area contributed by atoms with Gasteiger partial charge in [0.2, 0.25) is 0 Å². The molecule has 0 heterocycles. The summed E-state index contributed by atoms with van der Waals surface area (Å²) >= 11 is 0. The van der Waals surface area contributed by atoms with Gasteiger partial charge >= 0.3 is 0 Å². The monoisotopic (exact) mass is 200 g/mol. The molecule has 0 saturated carbocycles. The van der Waals surface area contributed by atoms with Crippen LogP contribution in [0.3, 0.4) is 0 Å². The maximum atomic E-state index is 5.60. The van der Waals surface area contributed by atoms with Crippen LogP contribution in [-0.2, 0) is 11.2 Å². The van der Waals surface area contributed by atoms with Crippen molar-refractivity contribution in [2.75, 3.05) is 7.11 Å². The fourth-order valence-electron chi connectivity index (χ4n) is 2.96. The first-order valence-electron chi connectivity index (χ1n) is 5.73. The summed E-state index contributed by atoms with van der Waals surface area (Å²) in [4.78, 5) is 0. The molecule has 3 rings (SSSR count). The Morgan fingerprint density at radius 3 is 3.00 bits per heavy atom. The lowest BCUT2D eigenvalue weighted by Crippen LogP contribution is -2.16. The first kappa shape index (κ1) is 9.17. The summed E-state index contributed by atoms with van der Waals surface area (Å²) in [6.45, 7) is 0. The fraction of sp³-hybridized carbons (Fsp3) is 0.429. The molecule has 0 saturated heterocycles. The van der Waals surface area contributed by atoms with Crippen LogP contribution in [0.4, 0.5) is 0 Å². The maximum absolute atomic E-state index is 5.60. The predicted molar refractivity (Wildman–Crippen MR) is 61.7 cm³/mol. The van der Waals surface area contributed by atoms with E-state index in [9.17, 15) is 0 Å². The zero-order chi connectivity index (χ0) is 10.3. The van der Waals surface area contributed by atoms with Crippen molar-refractivity contribution in [1.29, 1.82) is 0 Å². The van der Waals surface area contributed by atoms with Crippen LogP contribution in [0.2, 0.25) is 0 Å². The van der Waals surface area contributed by atoms with E-state index in [1.165, 1.54) is 36.0 Å². The van der Waals surface area contributed by atoms with E-state index >= 15 is 0 Å². The Balaban J connectivity index is 2.09. The van der Waals surface area contributed by atoms with Gasteiger partial charge in [0.1, 0.15) is 0 Å². The average molecular weight is 200 g/mol. The van der Waals surface area contributed by atoms with E-state index in [1.54, 1.807) is 5.57 Å². The fourth-order valence-corrected chi connectivity index (χ4v) is 2.96. The van der Waals surface area contributed by atoms with Crippen LogP contribution >= 0.6 is 0 Å². The van der Waals surface area contributed by atoms with Gasteiger partial charge in [-0.15, -0.1) is 0 Å². The summed E-state index contributed by atoms with van der Waals surface area (Å²) in [5, 5.41) is 0. The van der Waals surface area contributed by atoms with E-state index in [0.717, 1.165) is 6.42 Å². The molecule has 0 aliphatic heterocycles. The summed E-state index contributed by atoms with van der Waals surface area (Å²) in [7, 11) is 1.83. The Morgan fingerprint density at radius 2 is 2.13 bits per heavy atom. The van der Waals surface area contributed by atoms with Gasteiger partial charge in [-0.05, 0) is 42.4 Å². The van der Waals surface area contributed by atoms with Crippen LogP contribution in [0.15, 0.2) is 29.8 Å². The van der Waals surface area contributed by atoms with Crippen molar-refractivity contribution < 1.29 is 4.74 Å². The quantitative estimate of drug-likeness (QED) is 0.676. The molecular weight excluding hydrogens is 184 g/mol. The first-order chi connectivity index (χ1) is 7.40. The third kappa shape index (κ3) is 1.34. The molecule has 1 aromatic carbocycles. The van der Waals surface area contributed by atoms with Gasteiger partial charge in [-0.1, -0.05) is 29.8 Å². The summed E-state index contributed by atoms with van der Waals surface area (Å²) < 4.78 is 5.60. The third-order valence-electron chi connectivity index (χ3n) is 3.64. The van der Waals surface area contributed by atoms with Gasteiger partial charge in [0.25, 0.3) is 0 Å². The number of ether oxygens (including phenoxy) is 1. The molecule has 0 N–H and O–H groups in total. The normalized spacial score (nSPS) is 23.9. The van der Waals surface area contributed by atoms with Gasteiger partial charge in [0, 0.05) is 7.11 Å². The molecule has 0 spiro atoms. The molecule has 0 bridgehead atoms. The molecule has 1 unspecified atom stereocenters. The number of methoxy groups -OCH3 is 1. The molecule has 1 heteroatoms. The Morgan fingerprint density at radius 1 is 1.27 bits per heavy atom. The van der Waals surface area contributed by atoms with Gasteiger partial charge in [0.05, 0.1) is 6.10 Å². The highest BCUT2D eigenvalue weighted by Crippen LogP contribution is 2.42. The van der Waals surface area contributed by atoms with E-state index in [4.69, 9.17) is 4.74 Å². The lowest BCUT2D eigenvalue weighted by atomic mass is 9.89. The molecule has 78 valence electrons. The zero-order valence-electron chi connectivity index (χ0n) is 9.12. The summed E-state index contributed by atoms with van der Waals surface area (Å²) in [5.74, 6) is 0. The van der Waals surface area contributed by atoms with Gasteiger partial charge in [-0.3, -0.25) is 0 Å². The van der Waals surface area contributed by atoms with Crippen LogP contribution in [-0.4, -0.2) is 13.2 Å². The van der Waals surface area contributed by atoms with Gasteiger partial charge in [0.15, 0.2) is 0 Å². The number of allylic oxidation sites excluding steroid dienone is 1. The molecule has 0 fully saturated rings. The first-order valence-corrected chi connectivity index (χ1v) is 5.73. The second-order valence-corrected chi connectivity index (χ2v) is 4.47.